The summed E-state index contributed by atoms with van der Waals surface area (Å²) in [6.07, 6.45) is -4.13. The van der Waals surface area contributed by atoms with E-state index < -0.39 is 35.5 Å². The average molecular weight is 426 g/mol. The second kappa shape index (κ2) is 7.35. The third kappa shape index (κ3) is 3.65. The van der Waals surface area contributed by atoms with Gasteiger partial charge in [0.15, 0.2) is 11.6 Å². The van der Waals surface area contributed by atoms with Crippen LogP contribution in [0.5, 0.6) is 0 Å². The van der Waals surface area contributed by atoms with E-state index in [1.54, 1.807) is 12.1 Å². The van der Waals surface area contributed by atoms with E-state index >= 15 is 0 Å². The molecule has 9 heteroatoms. The normalized spacial score (nSPS) is 12.9. The van der Waals surface area contributed by atoms with Crippen molar-refractivity contribution in [1.82, 2.24) is 4.57 Å². The van der Waals surface area contributed by atoms with Crippen molar-refractivity contribution in [1.29, 1.82) is 0 Å². The van der Waals surface area contributed by atoms with Crippen LogP contribution in [0.15, 0.2) is 65.6 Å². The van der Waals surface area contributed by atoms with E-state index in [1.165, 1.54) is 30.3 Å². The molecule has 0 spiro atoms. The van der Waals surface area contributed by atoms with Gasteiger partial charge in [-0.1, -0.05) is 36.4 Å². The number of halogens is 3. The number of fused-ring (bicyclic) bond motifs is 2. The number of hydrogen-bond acceptors (Lipinski definition) is 4. The molecule has 1 amide bonds. The van der Waals surface area contributed by atoms with Gasteiger partial charge in [0.1, 0.15) is 6.54 Å². The van der Waals surface area contributed by atoms with Gasteiger partial charge >= 0.3 is 6.18 Å². The molecule has 1 heterocycles. The van der Waals surface area contributed by atoms with E-state index in [0.717, 1.165) is 6.07 Å². The van der Waals surface area contributed by atoms with Crippen molar-refractivity contribution in [2.24, 2.45) is 0 Å². The predicted octanol–water partition coefficient (Wildman–Crippen LogP) is 3.28. The van der Waals surface area contributed by atoms with E-state index in [9.17, 15) is 32.3 Å². The highest BCUT2D eigenvalue weighted by Crippen LogP contribution is 2.32. The topological polar surface area (TPSA) is 85.2 Å². The summed E-state index contributed by atoms with van der Waals surface area (Å²) in [4.78, 5) is 50.0. The first-order chi connectivity index (χ1) is 14.7. The van der Waals surface area contributed by atoms with Crippen LogP contribution >= 0.6 is 0 Å². The summed E-state index contributed by atoms with van der Waals surface area (Å²) < 4.78 is 39.3. The number of pyridine rings is 1. The maximum atomic E-state index is 12.9. The lowest BCUT2D eigenvalue weighted by atomic mass is 9.83. The first kappa shape index (κ1) is 20.3. The Hall–Kier alpha value is -4.01. The van der Waals surface area contributed by atoms with Gasteiger partial charge in [0.05, 0.1) is 16.8 Å². The van der Waals surface area contributed by atoms with Gasteiger partial charge in [-0.3, -0.25) is 19.2 Å². The lowest BCUT2D eigenvalue weighted by molar-refractivity contribution is -0.138. The van der Waals surface area contributed by atoms with Crippen LogP contribution < -0.4 is 10.9 Å². The molecule has 4 rings (SSSR count). The zero-order valence-corrected chi connectivity index (χ0v) is 15.7. The van der Waals surface area contributed by atoms with E-state index in [0.29, 0.717) is 16.8 Å². The number of carbonyl (C=O) groups is 3. The number of anilines is 1. The van der Waals surface area contributed by atoms with Crippen molar-refractivity contribution in [3.05, 3.63) is 99.0 Å². The summed E-state index contributed by atoms with van der Waals surface area (Å²) in [5.41, 5.74) is -1.29. The zero-order chi connectivity index (χ0) is 22.3. The lowest BCUT2D eigenvalue weighted by Crippen LogP contribution is -2.29. The van der Waals surface area contributed by atoms with Crippen molar-refractivity contribution >= 4 is 23.2 Å². The number of carbonyl (C=O) groups excluding carboxylic acids is 3. The highest BCUT2D eigenvalue weighted by molar-refractivity contribution is 6.30. The Bertz CT molecular complexity index is 1310. The van der Waals surface area contributed by atoms with Crippen molar-refractivity contribution in [3.63, 3.8) is 0 Å². The van der Waals surface area contributed by atoms with Gasteiger partial charge in [0, 0.05) is 29.0 Å². The fraction of sp³-hybridized carbons (Fsp3) is 0.0909. The van der Waals surface area contributed by atoms with E-state index in [1.807, 2.05) is 0 Å². The maximum Gasteiger partial charge on any atom is 0.417 e. The SMILES string of the molecule is O=C(Cn1cc(C(F)(F)F)ccc1=O)Nc1cccc2c1C(=O)c1ccccc1C2=O. The Kier molecular flexibility index (Phi) is 4.81. The molecule has 0 saturated carbocycles. The molecule has 3 aromatic rings. The number of nitrogens with zero attached hydrogens (tertiary/aromatic N) is 1. The first-order valence-corrected chi connectivity index (χ1v) is 9.06. The van der Waals surface area contributed by atoms with E-state index in [2.05, 4.69) is 5.32 Å². The molecule has 0 saturated heterocycles. The number of aromatic nitrogens is 1. The monoisotopic (exact) mass is 426 g/mol. The number of hydrogen-bond donors (Lipinski definition) is 1. The Morgan fingerprint density at radius 1 is 0.839 bits per heavy atom. The van der Waals surface area contributed by atoms with Crippen LogP contribution in [0.25, 0.3) is 0 Å². The van der Waals surface area contributed by atoms with E-state index in [-0.39, 0.29) is 33.7 Å². The van der Waals surface area contributed by atoms with Crippen molar-refractivity contribution in [2.45, 2.75) is 12.7 Å². The number of alkyl halides is 3. The summed E-state index contributed by atoms with van der Waals surface area (Å²) >= 11 is 0. The van der Waals surface area contributed by atoms with Crippen molar-refractivity contribution in [3.8, 4) is 0 Å². The summed E-state index contributed by atoms with van der Waals surface area (Å²) in [6, 6.07) is 12.0. The maximum absolute atomic E-state index is 12.9. The summed E-state index contributed by atoms with van der Waals surface area (Å²) in [6.45, 7) is -0.703. The van der Waals surface area contributed by atoms with Crippen LogP contribution in [-0.4, -0.2) is 22.0 Å². The Labute approximate surface area is 172 Å². The molecular formula is C22H13F3N2O4. The largest absolute Gasteiger partial charge is 0.417 e. The standard InChI is InChI=1S/C22H13F3N2O4/c23-22(24,25)12-8-9-18(29)27(10-12)11-17(28)26-16-7-3-6-15-19(16)21(31)14-5-2-1-4-13(14)20(15)30/h1-10H,11H2,(H,26,28). The van der Waals surface area contributed by atoms with Crippen LogP contribution in [-0.2, 0) is 17.5 Å². The van der Waals surface area contributed by atoms with E-state index in [4.69, 9.17) is 0 Å². The summed E-state index contributed by atoms with van der Waals surface area (Å²) in [5, 5.41) is 2.43. The van der Waals surface area contributed by atoms with Crippen LogP contribution in [0.3, 0.4) is 0 Å². The average Bonchev–Trinajstić information content (AvgIpc) is 2.72. The fourth-order valence-corrected chi connectivity index (χ4v) is 3.42. The minimum Gasteiger partial charge on any atom is -0.324 e. The number of amides is 1. The lowest BCUT2D eigenvalue weighted by Gasteiger charge is -2.20. The third-order valence-electron chi connectivity index (χ3n) is 4.85. The molecule has 1 aliphatic carbocycles. The van der Waals surface area contributed by atoms with Crippen LogP contribution in [0.2, 0.25) is 0 Å². The first-order valence-electron chi connectivity index (χ1n) is 9.06. The molecule has 1 aliphatic rings. The van der Waals surface area contributed by atoms with Gasteiger partial charge in [-0.25, -0.2) is 0 Å². The minimum absolute atomic E-state index is 0.00376. The molecule has 0 unspecified atom stereocenters. The summed E-state index contributed by atoms with van der Waals surface area (Å²) in [7, 11) is 0. The highest BCUT2D eigenvalue weighted by atomic mass is 19.4. The number of nitrogens with one attached hydrogen (secondary N) is 1. The number of ketones is 2. The molecule has 0 bridgehead atoms. The van der Waals surface area contributed by atoms with Gasteiger partial charge in [0.25, 0.3) is 5.56 Å². The van der Waals surface area contributed by atoms with Gasteiger partial charge in [-0.2, -0.15) is 13.2 Å². The molecule has 0 aliphatic heterocycles. The second-order valence-electron chi connectivity index (χ2n) is 6.86. The molecule has 156 valence electrons. The Balaban J connectivity index is 1.65. The van der Waals surface area contributed by atoms with Crippen LogP contribution in [0.4, 0.5) is 18.9 Å². The molecular weight excluding hydrogens is 413 g/mol. The van der Waals surface area contributed by atoms with Crippen molar-refractivity contribution in [2.75, 3.05) is 5.32 Å². The van der Waals surface area contributed by atoms with Gasteiger partial charge in [0.2, 0.25) is 5.91 Å². The fourth-order valence-electron chi connectivity index (χ4n) is 3.42. The predicted molar refractivity (Wildman–Crippen MR) is 104 cm³/mol. The molecule has 31 heavy (non-hydrogen) atoms. The van der Waals surface area contributed by atoms with Gasteiger partial charge in [-0.05, 0) is 12.1 Å². The molecule has 2 aromatic carbocycles. The highest BCUT2D eigenvalue weighted by Gasteiger charge is 2.32. The van der Waals surface area contributed by atoms with Gasteiger partial charge in [-0.15, -0.1) is 0 Å². The summed E-state index contributed by atoms with van der Waals surface area (Å²) in [5.74, 6) is -1.67. The van der Waals surface area contributed by atoms with Gasteiger partial charge < -0.3 is 9.88 Å². The molecule has 1 aromatic heterocycles. The molecule has 0 fully saturated rings. The molecule has 0 radical (unpaired) electrons. The van der Waals surface area contributed by atoms with Crippen LogP contribution in [0, 0.1) is 0 Å². The number of benzene rings is 2. The molecule has 6 nitrogen and oxygen atoms in total. The number of rotatable bonds is 3. The van der Waals surface area contributed by atoms with Crippen molar-refractivity contribution < 1.29 is 27.6 Å². The quantitative estimate of drug-likeness (QED) is 0.545. The minimum atomic E-state index is -4.68. The zero-order valence-electron chi connectivity index (χ0n) is 15.7. The Morgan fingerprint density at radius 2 is 1.48 bits per heavy atom. The smallest absolute Gasteiger partial charge is 0.324 e. The molecule has 1 N–H and O–H groups in total. The third-order valence-corrected chi connectivity index (χ3v) is 4.85. The second-order valence-corrected chi connectivity index (χ2v) is 6.86. The van der Waals surface area contributed by atoms with Crippen LogP contribution in [0.1, 0.15) is 37.4 Å². The molecule has 0 atom stereocenters. The Morgan fingerprint density at radius 3 is 2.16 bits per heavy atom.